The van der Waals surface area contributed by atoms with E-state index in [1.54, 1.807) is 25.0 Å². The van der Waals surface area contributed by atoms with Crippen LogP contribution in [0.4, 0.5) is 5.69 Å². The highest BCUT2D eigenvalue weighted by Gasteiger charge is 2.22. The van der Waals surface area contributed by atoms with Crippen LogP contribution in [-0.4, -0.2) is 32.0 Å². The lowest BCUT2D eigenvalue weighted by molar-refractivity contribution is -0.116. The van der Waals surface area contributed by atoms with Gasteiger partial charge in [0.25, 0.3) is 5.91 Å². The molecule has 5 heteroatoms. The predicted octanol–water partition coefficient (Wildman–Crippen LogP) is 2.58. The molecule has 2 amide bonds. The first-order valence-electron chi connectivity index (χ1n) is 8.40. The Morgan fingerprint density at radius 3 is 2.60 bits per heavy atom. The molecule has 0 aliphatic carbocycles. The van der Waals surface area contributed by atoms with E-state index in [0.29, 0.717) is 18.7 Å². The van der Waals surface area contributed by atoms with Crippen molar-refractivity contribution in [1.29, 1.82) is 0 Å². The van der Waals surface area contributed by atoms with Crippen molar-refractivity contribution in [3.63, 3.8) is 0 Å². The molecule has 3 rings (SSSR count). The average Bonchev–Trinajstić information content (AvgIpc) is 3.05. The van der Waals surface area contributed by atoms with E-state index >= 15 is 0 Å². The van der Waals surface area contributed by atoms with Crippen LogP contribution < -0.4 is 15.0 Å². The molecule has 2 aromatic carbocycles. The fraction of sp³-hybridized carbons (Fsp3) is 0.300. The van der Waals surface area contributed by atoms with E-state index in [9.17, 15) is 9.59 Å². The number of benzene rings is 2. The second-order valence-electron chi connectivity index (χ2n) is 6.12. The Hall–Kier alpha value is -2.82. The maximum absolute atomic E-state index is 12.3. The van der Waals surface area contributed by atoms with Crippen molar-refractivity contribution >= 4 is 17.5 Å². The Bertz CT molecular complexity index is 784. The van der Waals surface area contributed by atoms with Gasteiger partial charge in [0.05, 0.1) is 7.11 Å². The number of rotatable bonds is 5. The second kappa shape index (κ2) is 7.38. The molecule has 0 aromatic heterocycles. The Kier molecular flexibility index (Phi) is 5.03. The van der Waals surface area contributed by atoms with Crippen molar-refractivity contribution < 1.29 is 14.3 Å². The van der Waals surface area contributed by atoms with Crippen LogP contribution in [0.15, 0.2) is 42.5 Å². The summed E-state index contributed by atoms with van der Waals surface area (Å²) in [5.74, 6) is 0.776. The van der Waals surface area contributed by atoms with Gasteiger partial charge in [0.15, 0.2) is 0 Å². The number of anilines is 1. The van der Waals surface area contributed by atoms with Gasteiger partial charge < -0.3 is 15.0 Å². The summed E-state index contributed by atoms with van der Waals surface area (Å²) in [4.78, 5) is 25.7. The molecule has 0 bridgehead atoms. The van der Waals surface area contributed by atoms with Gasteiger partial charge in [0.2, 0.25) is 5.91 Å². The first-order chi connectivity index (χ1) is 12.1. The number of methoxy groups -OCH3 is 1. The summed E-state index contributed by atoms with van der Waals surface area (Å²) in [5.41, 5.74) is 3.76. The number of carbonyl (C=O) groups excluding carboxylic acids is 2. The van der Waals surface area contributed by atoms with Gasteiger partial charge in [0, 0.05) is 31.3 Å². The highest BCUT2D eigenvalue weighted by Crippen LogP contribution is 2.28. The largest absolute Gasteiger partial charge is 0.497 e. The lowest BCUT2D eigenvalue weighted by Gasteiger charge is -2.14. The quantitative estimate of drug-likeness (QED) is 0.911. The summed E-state index contributed by atoms with van der Waals surface area (Å²) in [6, 6.07) is 13.4. The van der Waals surface area contributed by atoms with Gasteiger partial charge in [-0.1, -0.05) is 12.1 Å². The highest BCUT2D eigenvalue weighted by atomic mass is 16.5. The maximum atomic E-state index is 12.3. The molecule has 0 radical (unpaired) electrons. The number of ether oxygens (including phenoxy) is 1. The second-order valence-corrected chi connectivity index (χ2v) is 6.12. The molecule has 0 saturated heterocycles. The third kappa shape index (κ3) is 3.82. The van der Waals surface area contributed by atoms with Gasteiger partial charge in [-0.2, -0.15) is 0 Å². The molecule has 0 saturated carbocycles. The van der Waals surface area contributed by atoms with E-state index in [1.165, 1.54) is 0 Å². The van der Waals surface area contributed by atoms with Crippen molar-refractivity contribution in [2.75, 3.05) is 25.1 Å². The first kappa shape index (κ1) is 17.0. The fourth-order valence-electron chi connectivity index (χ4n) is 3.08. The third-order valence-corrected chi connectivity index (χ3v) is 4.48. The SMILES string of the molecule is COc1ccc(CCNC(=O)c2ccc3c(c2)CCN3C(C)=O)cc1. The Balaban J connectivity index is 1.57. The number of nitrogens with zero attached hydrogens (tertiary/aromatic N) is 1. The van der Waals surface area contributed by atoms with Crippen molar-refractivity contribution in [3.05, 3.63) is 59.2 Å². The molecular weight excluding hydrogens is 316 g/mol. The normalized spacial score (nSPS) is 12.6. The smallest absolute Gasteiger partial charge is 0.251 e. The summed E-state index contributed by atoms with van der Waals surface area (Å²) < 4.78 is 5.13. The minimum atomic E-state index is -0.0856. The van der Waals surface area contributed by atoms with Crippen LogP contribution in [0.3, 0.4) is 0 Å². The lowest BCUT2D eigenvalue weighted by atomic mass is 10.1. The van der Waals surface area contributed by atoms with Crippen LogP contribution in [0.25, 0.3) is 0 Å². The van der Waals surface area contributed by atoms with Gasteiger partial charge in [-0.25, -0.2) is 0 Å². The van der Waals surface area contributed by atoms with E-state index in [2.05, 4.69) is 5.32 Å². The minimum Gasteiger partial charge on any atom is -0.497 e. The van der Waals surface area contributed by atoms with Crippen molar-refractivity contribution in [2.45, 2.75) is 19.8 Å². The number of hydrogen-bond acceptors (Lipinski definition) is 3. The summed E-state index contributed by atoms with van der Waals surface area (Å²) in [5, 5.41) is 2.95. The molecule has 5 nitrogen and oxygen atoms in total. The average molecular weight is 338 g/mol. The van der Waals surface area contributed by atoms with Crippen LogP contribution in [0.2, 0.25) is 0 Å². The van der Waals surface area contributed by atoms with Gasteiger partial charge in [-0.15, -0.1) is 0 Å². The van der Waals surface area contributed by atoms with Crippen molar-refractivity contribution in [3.8, 4) is 5.75 Å². The van der Waals surface area contributed by atoms with E-state index in [4.69, 9.17) is 4.74 Å². The molecule has 25 heavy (non-hydrogen) atoms. The van der Waals surface area contributed by atoms with Crippen LogP contribution in [-0.2, 0) is 17.6 Å². The molecule has 2 aromatic rings. The van der Waals surface area contributed by atoms with Crippen LogP contribution in [0.1, 0.15) is 28.4 Å². The Morgan fingerprint density at radius 1 is 1.16 bits per heavy atom. The predicted molar refractivity (Wildman–Crippen MR) is 97.2 cm³/mol. The Labute approximate surface area is 147 Å². The van der Waals surface area contributed by atoms with Gasteiger partial charge >= 0.3 is 0 Å². The molecule has 0 spiro atoms. The maximum Gasteiger partial charge on any atom is 0.251 e. The summed E-state index contributed by atoms with van der Waals surface area (Å²) in [6.07, 6.45) is 1.56. The van der Waals surface area contributed by atoms with E-state index in [0.717, 1.165) is 35.4 Å². The zero-order valence-corrected chi connectivity index (χ0v) is 14.5. The highest BCUT2D eigenvalue weighted by molar-refractivity contribution is 5.97. The minimum absolute atomic E-state index is 0.0374. The van der Waals surface area contributed by atoms with Gasteiger partial charge in [-0.05, 0) is 54.3 Å². The summed E-state index contributed by atoms with van der Waals surface area (Å²) in [6.45, 7) is 2.82. The molecule has 0 fully saturated rings. The monoisotopic (exact) mass is 338 g/mol. The van der Waals surface area contributed by atoms with Crippen LogP contribution >= 0.6 is 0 Å². The topological polar surface area (TPSA) is 58.6 Å². The number of carbonyl (C=O) groups is 2. The zero-order chi connectivity index (χ0) is 17.8. The van der Waals surface area contributed by atoms with Crippen molar-refractivity contribution in [1.82, 2.24) is 5.32 Å². The number of fused-ring (bicyclic) bond motifs is 1. The van der Waals surface area contributed by atoms with Gasteiger partial charge in [-0.3, -0.25) is 9.59 Å². The number of hydrogen-bond donors (Lipinski definition) is 1. The molecular formula is C20H22N2O3. The van der Waals surface area contributed by atoms with Crippen molar-refractivity contribution in [2.24, 2.45) is 0 Å². The Morgan fingerprint density at radius 2 is 1.92 bits per heavy atom. The number of amides is 2. The molecule has 0 atom stereocenters. The van der Waals surface area contributed by atoms with Crippen LogP contribution in [0.5, 0.6) is 5.75 Å². The zero-order valence-electron chi connectivity index (χ0n) is 14.5. The van der Waals surface area contributed by atoms with E-state index in [-0.39, 0.29) is 11.8 Å². The first-order valence-corrected chi connectivity index (χ1v) is 8.40. The molecule has 130 valence electrons. The molecule has 1 heterocycles. The third-order valence-electron chi connectivity index (χ3n) is 4.48. The number of nitrogens with one attached hydrogen (secondary N) is 1. The molecule has 1 N–H and O–H groups in total. The molecule has 1 aliphatic heterocycles. The van der Waals surface area contributed by atoms with Crippen LogP contribution in [0, 0.1) is 0 Å². The fourth-order valence-corrected chi connectivity index (χ4v) is 3.08. The lowest BCUT2D eigenvalue weighted by Crippen LogP contribution is -2.26. The van der Waals surface area contributed by atoms with E-state index in [1.807, 2.05) is 36.4 Å². The van der Waals surface area contributed by atoms with E-state index < -0.39 is 0 Å². The molecule has 1 aliphatic rings. The van der Waals surface area contributed by atoms with Gasteiger partial charge in [0.1, 0.15) is 5.75 Å². The summed E-state index contributed by atoms with van der Waals surface area (Å²) in [7, 11) is 1.64. The summed E-state index contributed by atoms with van der Waals surface area (Å²) >= 11 is 0. The molecule has 0 unspecified atom stereocenters. The standard InChI is InChI=1S/C20H22N2O3/c1-14(23)22-12-10-16-13-17(5-8-19(16)22)20(24)21-11-9-15-3-6-18(25-2)7-4-15/h3-8,13H,9-12H2,1-2H3,(H,21,24).